The van der Waals surface area contributed by atoms with Crippen molar-refractivity contribution in [2.24, 2.45) is 0 Å². The van der Waals surface area contributed by atoms with E-state index in [9.17, 15) is 14.9 Å². The predicted molar refractivity (Wildman–Crippen MR) is 63.5 cm³/mol. The molecule has 0 amide bonds. The Bertz CT molecular complexity index is 828. The molecule has 0 aliphatic rings. The number of aromatic nitrogens is 5. The number of nitrogens with zero attached hydrogens (tertiary/aromatic N) is 5. The fourth-order valence-corrected chi connectivity index (χ4v) is 1.61. The molecule has 1 aromatic carbocycles. The van der Waals surface area contributed by atoms with Crippen molar-refractivity contribution in [1.29, 1.82) is 0 Å². The van der Waals surface area contributed by atoms with E-state index in [2.05, 4.69) is 20.3 Å². The third-order valence-electron chi connectivity index (χ3n) is 2.48. The summed E-state index contributed by atoms with van der Waals surface area (Å²) in [6, 6.07) is 9.01. The molecule has 94 valence electrons. The van der Waals surface area contributed by atoms with E-state index in [0.717, 1.165) is 10.1 Å². The molecule has 9 nitrogen and oxygen atoms in total. The van der Waals surface area contributed by atoms with Gasteiger partial charge in [0.25, 0.3) is 5.78 Å². The molecule has 0 radical (unpaired) electrons. The molecule has 0 saturated carbocycles. The second-order valence-electron chi connectivity index (χ2n) is 3.66. The second-order valence-corrected chi connectivity index (χ2v) is 3.66. The molecule has 1 N–H and O–H groups in total. The molecule has 0 spiro atoms. The standard InChI is InChI=1S/C10H6N6O3.Na/c17-9-8(16(18)19)12-13-10-11-7(14-15(9)10)6-4-2-1-3-5-6;/h1-5H,(H,11,13,14);/q;+1. The minimum absolute atomic E-state index is 0. The first-order valence-electron chi connectivity index (χ1n) is 5.22. The Labute approximate surface area is 133 Å². The number of hydrogen-bond donors (Lipinski definition) is 1. The molecule has 2 aromatic heterocycles. The molecule has 10 heteroatoms. The number of rotatable bonds is 2. The van der Waals surface area contributed by atoms with E-state index >= 15 is 0 Å². The summed E-state index contributed by atoms with van der Waals surface area (Å²) in [5.74, 6) is -0.484. The number of hydrogen-bond acceptors (Lipinski definition) is 6. The predicted octanol–water partition coefficient (Wildman–Crippen LogP) is -2.61. The van der Waals surface area contributed by atoms with Gasteiger partial charge in [0, 0.05) is 10.7 Å². The third-order valence-corrected chi connectivity index (χ3v) is 2.48. The van der Waals surface area contributed by atoms with E-state index in [-0.39, 0.29) is 35.3 Å². The van der Waals surface area contributed by atoms with Crippen LogP contribution < -0.4 is 35.1 Å². The maximum Gasteiger partial charge on any atom is 1.00 e. The number of nitrogens with one attached hydrogen (secondary N) is 1. The summed E-state index contributed by atoms with van der Waals surface area (Å²) >= 11 is 0. The van der Waals surface area contributed by atoms with Gasteiger partial charge in [0.15, 0.2) is 5.82 Å². The van der Waals surface area contributed by atoms with E-state index in [0.29, 0.717) is 5.82 Å². The molecular formula is C10H6N6NaO3+. The van der Waals surface area contributed by atoms with Crippen LogP contribution in [0.25, 0.3) is 17.2 Å². The largest absolute Gasteiger partial charge is 1.00 e. The van der Waals surface area contributed by atoms with E-state index in [1.807, 2.05) is 6.07 Å². The maximum absolute atomic E-state index is 11.8. The van der Waals surface area contributed by atoms with E-state index in [1.165, 1.54) is 0 Å². The molecule has 0 atom stereocenters. The molecule has 3 aromatic rings. The van der Waals surface area contributed by atoms with E-state index in [1.54, 1.807) is 24.3 Å². The first-order valence-corrected chi connectivity index (χ1v) is 5.22. The smallest absolute Gasteiger partial charge is 0.358 e. The summed E-state index contributed by atoms with van der Waals surface area (Å²) in [6.45, 7) is 0. The minimum atomic E-state index is -0.898. The zero-order chi connectivity index (χ0) is 13.4. The Morgan fingerprint density at radius 2 is 1.90 bits per heavy atom. The van der Waals surface area contributed by atoms with Crippen molar-refractivity contribution in [3.05, 3.63) is 50.8 Å². The van der Waals surface area contributed by atoms with Crippen molar-refractivity contribution in [2.75, 3.05) is 0 Å². The first-order chi connectivity index (χ1) is 9.16. The van der Waals surface area contributed by atoms with Crippen LogP contribution in [0.3, 0.4) is 0 Å². The number of aromatic amines is 1. The Morgan fingerprint density at radius 1 is 1.20 bits per heavy atom. The van der Waals surface area contributed by atoms with Gasteiger partial charge in [-0.1, -0.05) is 30.3 Å². The van der Waals surface area contributed by atoms with Crippen molar-refractivity contribution in [3.8, 4) is 11.4 Å². The van der Waals surface area contributed by atoms with Crippen LogP contribution in [-0.4, -0.2) is 29.7 Å². The van der Waals surface area contributed by atoms with Gasteiger partial charge in [0.05, 0.1) is 5.10 Å². The van der Waals surface area contributed by atoms with Crippen molar-refractivity contribution >= 4 is 11.6 Å². The summed E-state index contributed by atoms with van der Waals surface area (Å²) in [6.07, 6.45) is 0. The van der Waals surface area contributed by atoms with Crippen LogP contribution in [0.15, 0.2) is 35.1 Å². The molecule has 3 rings (SSSR count). The normalized spacial score (nSPS) is 10.2. The Morgan fingerprint density at radius 3 is 2.55 bits per heavy atom. The fraction of sp³-hybridized carbons (Fsp3) is 0. The zero-order valence-electron chi connectivity index (χ0n) is 10.3. The third kappa shape index (κ3) is 2.33. The first kappa shape index (κ1) is 14.3. The van der Waals surface area contributed by atoms with Crippen molar-refractivity contribution < 1.29 is 34.5 Å². The number of nitro groups is 1. The van der Waals surface area contributed by atoms with Crippen LogP contribution in [0.1, 0.15) is 0 Å². The van der Waals surface area contributed by atoms with E-state index < -0.39 is 16.3 Å². The van der Waals surface area contributed by atoms with Gasteiger partial charge in [0.2, 0.25) is 0 Å². The van der Waals surface area contributed by atoms with E-state index in [4.69, 9.17) is 0 Å². The molecule has 0 aliphatic heterocycles. The second kappa shape index (κ2) is 5.49. The summed E-state index contributed by atoms with van der Waals surface area (Å²) in [4.78, 5) is 25.5. The summed E-state index contributed by atoms with van der Waals surface area (Å²) < 4.78 is 0.896. The van der Waals surface area contributed by atoms with Crippen LogP contribution in [-0.2, 0) is 0 Å². The molecule has 0 saturated heterocycles. The van der Waals surface area contributed by atoms with Gasteiger partial charge >= 0.3 is 40.9 Å². The molecule has 0 aliphatic carbocycles. The van der Waals surface area contributed by atoms with Crippen LogP contribution >= 0.6 is 0 Å². The summed E-state index contributed by atoms with van der Waals surface area (Å²) in [5.41, 5.74) is -0.167. The SMILES string of the molecule is O=c1c([N+](=O)[O-])nnc2nc(-c3ccccc3)[nH]n12.[Na+]. The average molecular weight is 281 g/mol. The van der Waals surface area contributed by atoms with Crippen molar-refractivity contribution in [3.63, 3.8) is 0 Å². The number of H-pyrrole nitrogens is 1. The molecule has 2 heterocycles. The van der Waals surface area contributed by atoms with Gasteiger partial charge in [-0.2, -0.15) is 9.50 Å². The zero-order valence-corrected chi connectivity index (χ0v) is 12.3. The van der Waals surface area contributed by atoms with Gasteiger partial charge in [-0.05, 0) is 4.92 Å². The Kier molecular flexibility index (Phi) is 3.93. The van der Waals surface area contributed by atoms with Gasteiger partial charge < -0.3 is 10.1 Å². The monoisotopic (exact) mass is 281 g/mol. The minimum Gasteiger partial charge on any atom is -0.358 e. The Hall–Kier alpha value is -2.10. The van der Waals surface area contributed by atoms with Gasteiger partial charge in [-0.3, -0.25) is 9.89 Å². The maximum atomic E-state index is 11.8. The fourth-order valence-electron chi connectivity index (χ4n) is 1.61. The molecule has 0 bridgehead atoms. The summed E-state index contributed by atoms with van der Waals surface area (Å²) in [5, 5.41) is 20.0. The topological polar surface area (TPSA) is 119 Å². The van der Waals surface area contributed by atoms with Gasteiger partial charge in [0.1, 0.15) is 0 Å². The van der Waals surface area contributed by atoms with Crippen LogP contribution in [0.4, 0.5) is 5.82 Å². The molecule has 0 fully saturated rings. The van der Waals surface area contributed by atoms with Gasteiger partial charge in [-0.25, -0.2) is 0 Å². The van der Waals surface area contributed by atoms with Crippen LogP contribution in [0.2, 0.25) is 0 Å². The Balaban J connectivity index is 0.00000147. The molecule has 0 unspecified atom stereocenters. The van der Waals surface area contributed by atoms with Gasteiger partial charge in [-0.15, -0.1) is 0 Å². The van der Waals surface area contributed by atoms with Crippen molar-refractivity contribution in [2.45, 2.75) is 0 Å². The molecule has 20 heavy (non-hydrogen) atoms. The number of fused-ring (bicyclic) bond motifs is 1. The molecular weight excluding hydrogens is 275 g/mol. The quantitative estimate of drug-likeness (QED) is 0.312. The summed E-state index contributed by atoms with van der Waals surface area (Å²) in [7, 11) is 0. The average Bonchev–Trinajstić information content (AvgIpc) is 2.85. The van der Waals surface area contributed by atoms with Crippen molar-refractivity contribution in [1.82, 2.24) is 24.8 Å². The van der Waals surface area contributed by atoms with Crippen LogP contribution in [0.5, 0.6) is 0 Å². The van der Waals surface area contributed by atoms with Crippen LogP contribution in [0, 0.1) is 10.1 Å². The number of benzene rings is 1.